The zero-order valence-corrected chi connectivity index (χ0v) is 12.0. The molecule has 0 atom stereocenters. The van der Waals surface area contributed by atoms with Gasteiger partial charge in [0.05, 0.1) is 4.92 Å². The maximum Gasteiger partial charge on any atom is 0.292 e. The minimum absolute atomic E-state index is 0.0365. The van der Waals surface area contributed by atoms with E-state index in [0.29, 0.717) is 12.2 Å². The highest BCUT2D eigenvalue weighted by atomic mass is 32.2. The lowest BCUT2D eigenvalue weighted by atomic mass is 9.84. The summed E-state index contributed by atoms with van der Waals surface area (Å²) in [6.45, 7) is 0.650. The third-order valence-electron chi connectivity index (χ3n) is 3.78. The van der Waals surface area contributed by atoms with Crippen molar-refractivity contribution in [3.8, 4) is 0 Å². The predicted octanol–water partition coefficient (Wildman–Crippen LogP) is 2.39. The van der Waals surface area contributed by atoms with Crippen molar-refractivity contribution in [3.05, 3.63) is 33.9 Å². The number of carbonyl (C=O) groups is 1. The predicted molar refractivity (Wildman–Crippen MR) is 80.2 cm³/mol. The van der Waals surface area contributed by atoms with Crippen molar-refractivity contribution in [2.75, 3.05) is 18.1 Å². The second-order valence-electron chi connectivity index (χ2n) is 4.95. The Morgan fingerprint density at radius 3 is 2.70 bits per heavy atom. The molecule has 1 aromatic rings. The number of rotatable bonds is 6. The van der Waals surface area contributed by atoms with E-state index in [1.54, 1.807) is 11.8 Å². The zero-order chi connectivity index (χ0) is 14.8. The Balaban J connectivity index is 2.21. The molecule has 0 spiro atoms. The first kappa shape index (κ1) is 14.6. The number of nitrogens with zero attached hydrogens (tertiary/aromatic N) is 1. The van der Waals surface area contributed by atoms with E-state index in [1.165, 1.54) is 24.6 Å². The average Bonchev–Trinajstić information content (AvgIpc) is 2.37. The fourth-order valence-corrected chi connectivity index (χ4v) is 3.18. The smallest absolute Gasteiger partial charge is 0.292 e. The topological polar surface area (TPSA) is 98.3 Å². The van der Waals surface area contributed by atoms with Crippen LogP contribution in [-0.4, -0.2) is 28.4 Å². The molecule has 0 unspecified atom stereocenters. The minimum Gasteiger partial charge on any atom is -0.378 e. The Morgan fingerprint density at radius 1 is 1.55 bits per heavy atom. The summed E-state index contributed by atoms with van der Waals surface area (Å²) in [5.74, 6) is -0.592. The number of primary amides is 1. The summed E-state index contributed by atoms with van der Waals surface area (Å²) >= 11 is 1.78. The Bertz CT molecular complexity index is 538. The van der Waals surface area contributed by atoms with Crippen LogP contribution >= 0.6 is 11.8 Å². The number of nitro benzene ring substituents is 1. The molecule has 0 bridgehead atoms. The number of nitrogens with two attached hydrogens (primary N) is 1. The van der Waals surface area contributed by atoms with Gasteiger partial charge in [-0.3, -0.25) is 14.9 Å². The third kappa shape index (κ3) is 2.87. The van der Waals surface area contributed by atoms with E-state index in [9.17, 15) is 14.9 Å². The Labute approximate surface area is 121 Å². The molecule has 1 saturated carbocycles. The average molecular weight is 295 g/mol. The van der Waals surface area contributed by atoms with E-state index in [-0.39, 0.29) is 16.0 Å². The van der Waals surface area contributed by atoms with Gasteiger partial charge in [0.1, 0.15) is 5.69 Å². The summed E-state index contributed by atoms with van der Waals surface area (Å²) in [6.07, 6.45) is 5.44. The lowest BCUT2D eigenvalue weighted by Gasteiger charge is -2.40. The van der Waals surface area contributed by atoms with Gasteiger partial charge in [-0.1, -0.05) is 6.42 Å². The summed E-state index contributed by atoms with van der Waals surface area (Å²) in [7, 11) is 0. The van der Waals surface area contributed by atoms with Gasteiger partial charge in [-0.2, -0.15) is 11.8 Å². The second kappa shape index (κ2) is 5.70. The fraction of sp³-hybridized carbons (Fsp3) is 0.462. The monoisotopic (exact) mass is 295 g/mol. The van der Waals surface area contributed by atoms with Crippen molar-refractivity contribution in [1.29, 1.82) is 0 Å². The standard InChI is InChI=1S/C13H17N3O3S/c1-20-13(5-2-6-13)8-15-10-7-9(12(14)17)3-4-11(10)16(18)19/h3-4,7,15H,2,5-6,8H2,1H3,(H2,14,17). The summed E-state index contributed by atoms with van der Waals surface area (Å²) in [4.78, 5) is 21.7. The van der Waals surface area contributed by atoms with Crippen molar-refractivity contribution in [2.45, 2.75) is 24.0 Å². The molecule has 1 aliphatic rings. The molecule has 0 heterocycles. The van der Waals surface area contributed by atoms with Crippen LogP contribution in [0.1, 0.15) is 29.6 Å². The van der Waals surface area contributed by atoms with Crippen molar-refractivity contribution in [3.63, 3.8) is 0 Å². The maximum atomic E-state index is 11.2. The van der Waals surface area contributed by atoms with Gasteiger partial charge in [0.15, 0.2) is 0 Å². The number of carbonyl (C=O) groups excluding carboxylic acids is 1. The van der Waals surface area contributed by atoms with Gasteiger partial charge in [-0.05, 0) is 31.2 Å². The molecule has 3 N–H and O–H groups in total. The van der Waals surface area contributed by atoms with Crippen LogP contribution in [-0.2, 0) is 0 Å². The minimum atomic E-state index is -0.592. The number of benzene rings is 1. The van der Waals surface area contributed by atoms with Gasteiger partial charge >= 0.3 is 0 Å². The molecular weight excluding hydrogens is 278 g/mol. The number of anilines is 1. The first-order valence-corrected chi connectivity index (χ1v) is 7.57. The molecule has 2 rings (SSSR count). The molecule has 7 heteroatoms. The highest BCUT2D eigenvalue weighted by Crippen LogP contribution is 2.43. The number of hydrogen-bond acceptors (Lipinski definition) is 5. The molecule has 1 aromatic carbocycles. The summed E-state index contributed by atoms with van der Waals surface area (Å²) in [6, 6.07) is 4.14. The van der Waals surface area contributed by atoms with E-state index in [1.807, 2.05) is 0 Å². The summed E-state index contributed by atoms with van der Waals surface area (Å²) in [5.41, 5.74) is 5.80. The normalized spacial score (nSPS) is 16.2. The number of nitro groups is 1. The van der Waals surface area contributed by atoms with Crippen LogP contribution in [0, 0.1) is 10.1 Å². The number of hydrogen-bond donors (Lipinski definition) is 2. The van der Waals surface area contributed by atoms with E-state index in [4.69, 9.17) is 5.73 Å². The van der Waals surface area contributed by atoms with Gasteiger partial charge in [-0.25, -0.2) is 0 Å². The summed E-state index contributed by atoms with van der Waals surface area (Å²) in [5, 5.41) is 14.1. The number of amides is 1. The largest absolute Gasteiger partial charge is 0.378 e. The molecule has 108 valence electrons. The highest BCUT2D eigenvalue weighted by Gasteiger charge is 2.36. The molecule has 20 heavy (non-hydrogen) atoms. The second-order valence-corrected chi connectivity index (χ2v) is 6.22. The number of nitrogens with one attached hydrogen (secondary N) is 1. The van der Waals surface area contributed by atoms with E-state index in [2.05, 4.69) is 11.6 Å². The van der Waals surface area contributed by atoms with E-state index >= 15 is 0 Å². The van der Waals surface area contributed by atoms with Gasteiger partial charge < -0.3 is 11.1 Å². The lowest BCUT2D eigenvalue weighted by molar-refractivity contribution is -0.384. The van der Waals surface area contributed by atoms with Crippen molar-refractivity contribution in [2.24, 2.45) is 5.73 Å². The van der Waals surface area contributed by atoms with Crippen molar-refractivity contribution < 1.29 is 9.72 Å². The molecule has 1 fully saturated rings. The van der Waals surface area contributed by atoms with Crippen LogP contribution in [0.5, 0.6) is 0 Å². The summed E-state index contributed by atoms with van der Waals surface area (Å²) < 4.78 is 0.149. The van der Waals surface area contributed by atoms with E-state index < -0.39 is 10.8 Å². The SMILES string of the molecule is CSC1(CNc2cc(C(N)=O)ccc2[N+](=O)[O-])CCC1. The molecular formula is C13H17N3O3S. The highest BCUT2D eigenvalue weighted by molar-refractivity contribution is 8.00. The first-order valence-electron chi connectivity index (χ1n) is 6.35. The third-order valence-corrected chi connectivity index (χ3v) is 5.20. The molecule has 1 amide bonds. The van der Waals surface area contributed by atoms with Gasteiger partial charge in [0.2, 0.25) is 5.91 Å². The van der Waals surface area contributed by atoms with Gasteiger partial charge in [0.25, 0.3) is 5.69 Å². The van der Waals surface area contributed by atoms with Gasteiger partial charge in [-0.15, -0.1) is 0 Å². The van der Waals surface area contributed by atoms with Crippen LogP contribution < -0.4 is 11.1 Å². The van der Waals surface area contributed by atoms with Gasteiger partial charge in [0, 0.05) is 22.9 Å². The molecule has 0 aromatic heterocycles. The van der Waals surface area contributed by atoms with Crippen LogP contribution in [0.2, 0.25) is 0 Å². The Morgan fingerprint density at radius 2 is 2.25 bits per heavy atom. The van der Waals surface area contributed by atoms with Crippen LogP contribution in [0.25, 0.3) is 0 Å². The maximum absolute atomic E-state index is 11.2. The number of thioether (sulfide) groups is 1. The van der Waals surface area contributed by atoms with E-state index in [0.717, 1.165) is 12.8 Å². The molecule has 0 saturated heterocycles. The fourth-order valence-electron chi connectivity index (χ4n) is 2.27. The molecule has 0 aliphatic heterocycles. The first-order chi connectivity index (χ1) is 9.47. The Kier molecular flexibility index (Phi) is 4.17. The van der Waals surface area contributed by atoms with Crippen LogP contribution in [0.3, 0.4) is 0 Å². The molecule has 0 radical (unpaired) electrons. The van der Waals surface area contributed by atoms with Crippen LogP contribution in [0.15, 0.2) is 18.2 Å². The Hall–Kier alpha value is -1.76. The van der Waals surface area contributed by atoms with Crippen molar-refractivity contribution in [1.82, 2.24) is 0 Å². The molecule has 1 aliphatic carbocycles. The van der Waals surface area contributed by atoms with Crippen molar-refractivity contribution >= 4 is 29.0 Å². The lowest BCUT2D eigenvalue weighted by Crippen LogP contribution is -2.40. The molecule has 6 nitrogen and oxygen atoms in total. The quantitative estimate of drug-likeness (QED) is 0.620. The zero-order valence-electron chi connectivity index (χ0n) is 11.2. The van der Waals surface area contributed by atoms with Crippen LogP contribution in [0.4, 0.5) is 11.4 Å².